The van der Waals surface area contributed by atoms with Gasteiger partial charge in [0.25, 0.3) is 0 Å². The van der Waals surface area contributed by atoms with Crippen LogP contribution in [0.4, 0.5) is 23.2 Å². The van der Waals surface area contributed by atoms with E-state index in [1.165, 1.54) is 35.6 Å². The molecule has 3 aromatic rings. The van der Waals surface area contributed by atoms with E-state index in [0.29, 0.717) is 16.6 Å². The van der Waals surface area contributed by atoms with E-state index in [1.807, 2.05) is 0 Å². The Morgan fingerprint density at radius 1 is 1.24 bits per heavy atom. The number of alkyl halides is 3. The summed E-state index contributed by atoms with van der Waals surface area (Å²) in [4.78, 5) is 16.8. The number of benzene rings is 1. The maximum Gasteiger partial charge on any atom is 0.417 e. The smallest absolute Gasteiger partial charge is 0.323 e. The molecule has 0 atom stereocenters. The van der Waals surface area contributed by atoms with Gasteiger partial charge < -0.3 is 5.32 Å². The molecule has 1 amide bonds. The summed E-state index contributed by atoms with van der Waals surface area (Å²) in [5, 5.41) is 13.1. The van der Waals surface area contributed by atoms with Crippen molar-refractivity contribution in [2.24, 2.45) is 0 Å². The lowest BCUT2D eigenvalue weighted by Crippen LogP contribution is -2.16. The highest BCUT2D eigenvalue weighted by Gasteiger charge is 2.36. The Bertz CT molecular complexity index is 1080. The molecule has 148 valence electrons. The van der Waals surface area contributed by atoms with Crippen molar-refractivity contribution in [3.8, 4) is 16.6 Å². The van der Waals surface area contributed by atoms with Gasteiger partial charge in [0.15, 0.2) is 0 Å². The lowest BCUT2D eigenvalue weighted by atomic mass is 10.1. The second kappa shape index (κ2) is 8.63. The second-order valence-electron chi connectivity index (χ2n) is 5.64. The zero-order valence-electron chi connectivity index (χ0n) is 14.5. The van der Waals surface area contributed by atoms with Gasteiger partial charge in [0, 0.05) is 0 Å². The number of carbonyl (C=O) groups excluding carboxylic acids is 1. The normalized spacial score (nSPS) is 11.1. The summed E-state index contributed by atoms with van der Waals surface area (Å²) in [5.41, 5.74) is -1.75. The van der Waals surface area contributed by atoms with E-state index in [1.54, 1.807) is 17.5 Å². The molecule has 0 spiro atoms. The van der Waals surface area contributed by atoms with Crippen LogP contribution in [0.5, 0.6) is 0 Å². The highest BCUT2D eigenvalue weighted by Crippen LogP contribution is 2.38. The van der Waals surface area contributed by atoms with Crippen molar-refractivity contribution in [3.63, 3.8) is 0 Å². The van der Waals surface area contributed by atoms with Gasteiger partial charge in [0.05, 0.1) is 33.1 Å². The van der Waals surface area contributed by atoms with E-state index in [9.17, 15) is 27.6 Å². The van der Waals surface area contributed by atoms with Gasteiger partial charge in [-0.3, -0.25) is 4.79 Å². The first-order valence-corrected chi connectivity index (χ1v) is 9.89. The Labute approximate surface area is 171 Å². The summed E-state index contributed by atoms with van der Waals surface area (Å²) in [6.45, 7) is 0. The summed E-state index contributed by atoms with van der Waals surface area (Å²) < 4.78 is 54.0. The Morgan fingerprint density at radius 2 is 2.00 bits per heavy atom. The van der Waals surface area contributed by atoms with E-state index in [2.05, 4.69) is 10.3 Å². The number of pyridine rings is 1. The van der Waals surface area contributed by atoms with Crippen LogP contribution in [-0.2, 0) is 11.0 Å². The fourth-order valence-corrected chi connectivity index (χ4v) is 3.88. The molecule has 0 radical (unpaired) electrons. The average Bonchev–Trinajstić information content (AvgIpc) is 3.21. The first-order valence-electron chi connectivity index (χ1n) is 8.03. The van der Waals surface area contributed by atoms with Crippen molar-refractivity contribution in [2.75, 3.05) is 11.1 Å². The van der Waals surface area contributed by atoms with E-state index < -0.39 is 29.0 Å². The SMILES string of the molecule is N#Cc1c(C(F)(F)F)cc(-c2cccs2)nc1SCC(=O)Nc1ccccc1F. The summed E-state index contributed by atoms with van der Waals surface area (Å²) in [6.07, 6.45) is -4.76. The number of thioether (sulfide) groups is 1. The molecule has 1 aromatic carbocycles. The number of amides is 1. The Hall–Kier alpha value is -2.90. The minimum Gasteiger partial charge on any atom is -0.323 e. The lowest BCUT2D eigenvalue weighted by Gasteiger charge is -2.13. The van der Waals surface area contributed by atoms with Crippen molar-refractivity contribution in [1.29, 1.82) is 5.26 Å². The van der Waals surface area contributed by atoms with Crippen LogP contribution < -0.4 is 5.32 Å². The third-order valence-electron chi connectivity index (χ3n) is 3.67. The highest BCUT2D eigenvalue weighted by atomic mass is 32.2. The van der Waals surface area contributed by atoms with Crippen molar-refractivity contribution in [2.45, 2.75) is 11.2 Å². The predicted molar refractivity (Wildman–Crippen MR) is 103 cm³/mol. The maximum atomic E-state index is 13.6. The summed E-state index contributed by atoms with van der Waals surface area (Å²) in [7, 11) is 0. The molecule has 0 saturated carbocycles. The number of para-hydroxylation sites is 1. The minimum atomic E-state index is -4.76. The first-order chi connectivity index (χ1) is 13.8. The van der Waals surface area contributed by atoms with Crippen LogP contribution in [0, 0.1) is 17.1 Å². The van der Waals surface area contributed by atoms with Gasteiger partial charge in [-0.2, -0.15) is 18.4 Å². The van der Waals surface area contributed by atoms with E-state index >= 15 is 0 Å². The third kappa shape index (κ3) is 4.93. The molecule has 4 nitrogen and oxygen atoms in total. The fourth-order valence-electron chi connectivity index (χ4n) is 2.39. The number of nitrogens with one attached hydrogen (secondary N) is 1. The third-order valence-corrected chi connectivity index (χ3v) is 5.53. The number of aromatic nitrogens is 1. The molecule has 0 unspecified atom stereocenters. The van der Waals surface area contributed by atoms with Gasteiger partial charge in [-0.25, -0.2) is 9.37 Å². The van der Waals surface area contributed by atoms with Crippen molar-refractivity contribution in [1.82, 2.24) is 4.98 Å². The first kappa shape index (κ1) is 20.8. The van der Waals surface area contributed by atoms with Gasteiger partial charge >= 0.3 is 6.18 Å². The van der Waals surface area contributed by atoms with Crippen LogP contribution in [0.15, 0.2) is 52.9 Å². The van der Waals surface area contributed by atoms with E-state index in [-0.39, 0.29) is 22.2 Å². The molecule has 10 heteroatoms. The summed E-state index contributed by atoms with van der Waals surface area (Å²) >= 11 is 1.89. The topological polar surface area (TPSA) is 65.8 Å². The van der Waals surface area contributed by atoms with Crippen LogP contribution >= 0.6 is 23.1 Å². The maximum absolute atomic E-state index is 13.6. The molecule has 2 heterocycles. The quantitative estimate of drug-likeness (QED) is 0.419. The van der Waals surface area contributed by atoms with Crippen molar-refractivity contribution in [3.05, 3.63) is 64.8 Å². The molecule has 0 aliphatic rings. The molecular weight excluding hydrogens is 426 g/mol. The van der Waals surface area contributed by atoms with Crippen LogP contribution in [0.3, 0.4) is 0 Å². The van der Waals surface area contributed by atoms with Gasteiger partial charge in [-0.15, -0.1) is 11.3 Å². The number of nitriles is 1. The van der Waals surface area contributed by atoms with Crippen molar-refractivity contribution < 1.29 is 22.4 Å². The molecule has 0 aliphatic heterocycles. The number of halogens is 4. The van der Waals surface area contributed by atoms with E-state index in [0.717, 1.165) is 12.1 Å². The van der Waals surface area contributed by atoms with Gasteiger partial charge in [-0.1, -0.05) is 30.0 Å². The van der Waals surface area contributed by atoms with Crippen LogP contribution in [0.2, 0.25) is 0 Å². The van der Waals surface area contributed by atoms with Gasteiger partial charge in [-0.05, 0) is 29.6 Å². The zero-order valence-corrected chi connectivity index (χ0v) is 16.1. The number of hydrogen-bond acceptors (Lipinski definition) is 5. The molecule has 0 fully saturated rings. The number of rotatable bonds is 5. The summed E-state index contributed by atoms with van der Waals surface area (Å²) in [6, 6.07) is 11.1. The molecular formula is C19H11F4N3OS2. The van der Waals surface area contributed by atoms with Crippen LogP contribution in [-0.4, -0.2) is 16.6 Å². The highest BCUT2D eigenvalue weighted by molar-refractivity contribution is 8.00. The second-order valence-corrected chi connectivity index (χ2v) is 7.55. The monoisotopic (exact) mass is 437 g/mol. The molecule has 0 bridgehead atoms. The van der Waals surface area contributed by atoms with Crippen LogP contribution in [0.1, 0.15) is 11.1 Å². The van der Waals surface area contributed by atoms with E-state index in [4.69, 9.17) is 0 Å². The minimum absolute atomic E-state index is 0.0464. The standard InChI is InChI=1S/C19H11F4N3OS2/c20-13-4-1-2-5-14(13)25-17(27)10-29-18-11(9-24)12(19(21,22)23)8-15(26-18)16-6-3-7-28-16/h1-8H,10H2,(H,25,27). The molecule has 29 heavy (non-hydrogen) atoms. The molecule has 0 saturated heterocycles. The number of hydrogen-bond donors (Lipinski definition) is 1. The number of thiophene rings is 1. The molecule has 1 N–H and O–H groups in total. The molecule has 3 rings (SSSR count). The van der Waals surface area contributed by atoms with Crippen molar-refractivity contribution >= 4 is 34.7 Å². The number of anilines is 1. The fraction of sp³-hybridized carbons (Fsp3) is 0.105. The van der Waals surface area contributed by atoms with Gasteiger partial charge in [0.1, 0.15) is 16.9 Å². The lowest BCUT2D eigenvalue weighted by molar-refractivity contribution is -0.138. The number of nitrogens with zero attached hydrogens (tertiary/aromatic N) is 2. The molecule has 0 aliphatic carbocycles. The number of carbonyl (C=O) groups is 1. The van der Waals surface area contributed by atoms with Crippen LogP contribution in [0.25, 0.3) is 10.6 Å². The summed E-state index contributed by atoms with van der Waals surface area (Å²) in [5.74, 6) is -1.62. The Kier molecular flexibility index (Phi) is 6.20. The predicted octanol–water partition coefficient (Wildman–Crippen LogP) is 5.57. The Balaban J connectivity index is 1.89. The zero-order chi connectivity index (χ0) is 21.0. The Morgan fingerprint density at radius 3 is 2.62 bits per heavy atom. The average molecular weight is 437 g/mol. The van der Waals surface area contributed by atoms with Gasteiger partial charge in [0.2, 0.25) is 5.91 Å². The largest absolute Gasteiger partial charge is 0.417 e. The molecule has 2 aromatic heterocycles.